The highest BCUT2D eigenvalue weighted by atomic mass is 32.1. The van der Waals surface area contributed by atoms with E-state index in [1.807, 2.05) is 30.6 Å². The molecule has 1 unspecified atom stereocenters. The van der Waals surface area contributed by atoms with Crippen LogP contribution in [-0.4, -0.2) is 26.8 Å². The number of nitrogens with zero attached hydrogens (tertiary/aromatic N) is 2. The van der Waals surface area contributed by atoms with Gasteiger partial charge in [-0.1, -0.05) is 6.07 Å². The summed E-state index contributed by atoms with van der Waals surface area (Å²) in [5.74, 6) is -1.11. The number of hydrogen-bond acceptors (Lipinski definition) is 4. The quantitative estimate of drug-likeness (QED) is 0.819. The fraction of sp³-hybridized carbons (Fsp3) is 0.357. The summed E-state index contributed by atoms with van der Waals surface area (Å²) >= 11 is 1.44. The molecule has 2 rings (SSSR count). The highest BCUT2D eigenvalue weighted by Crippen LogP contribution is 2.22. The summed E-state index contributed by atoms with van der Waals surface area (Å²) in [6.07, 6.45) is 3.74. The summed E-state index contributed by atoms with van der Waals surface area (Å²) in [6.45, 7) is 2.41. The third-order valence-electron chi connectivity index (χ3n) is 2.93. The average Bonchev–Trinajstić information content (AvgIpc) is 3.06. The molecule has 2 aromatic rings. The Bertz CT molecular complexity index is 607. The second-order valence-corrected chi connectivity index (χ2v) is 5.74. The lowest BCUT2D eigenvalue weighted by Gasteiger charge is -2.15. The van der Waals surface area contributed by atoms with Crippen LogP contribution in [0, 0.1) is 6.92 Å². The van der Waals surface area contributed by atoms with Crippen LogP contribution in [0.25, 0.3) is 0 Å². The van der Waals surface area contributed by atoms with Crippen molar-refractivity contribution < 1.29 is 14.7 Å². The molecule has 0 radical (unpaired) electrons. The van der Waals surface area contributed by atoms with Gasteiger partial charge in [0.15, 0.2) is 0 Å². The van der Waals surface area contributed by atoms with Gasteiger partial charge in [0.1, 0.15) is 0 Å². The van der Waals surface area contributed by atoms with Gasteiger partial charge in [0.2, 0.25) is 5.91 Å². The molecule has 0 aliphatic carbocycles. The Balaban J connectivity index is 1.90. The van der Waals surface area contributed by atoms with Crippen LogP contribution in [0.5, 0.6) is 0 Å². The number of carbonyl (C=O) groups is 2. The number of aliphatic carboxylic acids is 1. The number of aryl methyl sites for hydroxylation is 2. The average molecular weight is 307 g/mol. The second-order valence-electron chi connectivity index (χ2n) is 4.76. The molecule has 0 saturated carbocycles. The van der Waals surface area contributed by atoms with Crippen LogP contribution < -0.4 is 5.32 Å². The molecule has 21 heavy (non-hydrogen) atoms. The van der Waals surface area contributed by atoms with Gasteiger partial charge in [-0.3, -0.25) is 14.3 Å². The number of hydrogen-bond donors (Lipinski definition) is 2. The lowest BCUT2D eigenvalue weighted by atomic mass is 10.1. The first-order valence-corrected chi connectivity index (χ1v) is 7.46. The van der Waals surface area contributed by atoms with Gasteiger partial charge in [-0.05, 0) is 23.9 Å². The fourth-order valence-corrected chi connectivity index (χ4v) is 2.74. The third-order valence-corrected chi connectivity index (χ3v) is 3.92. The zero-order chi connectivity index (χ0) is 15.2. The summed E-state index contributed by atoms with van der Waals surface area (Å²) in [5, 5.41) is 17.7. The van der Waals surface area contributed by atoms with Crippen LogP contribution in [0.1, 0.15) is 29.3 Å². The maximum Gasteiger partial charge on any atom is 0.305 e. The molecule has 2 aromatic heterocycles. The molecular formula is C14H17N3O3S. The van der Waals surface area contributed by atoms with Gasteiger partial charge >= 0.3 is 5.97 Å². The van der Waals surface area contributed by atoms with Crippen molar-refractivity contribution in [2.45, 2.75) is 32.4 Å². The van der Waals surface area contributed by atoms with Crippen molar-refractivity contribution in [3.05, 3.63) is 40.3 Å². The van der Waals surface area contributed by atoms with Gasteiger partial charge in [0, 0.05) is 24.0 Å². The minimum Gasteiger partial charge on any atom is -0.481 e. The SMILES string of the molecule is Cc1cnn(CCC(=O)NC(CC(=O)O)c2cccs2)c1. The monoisotopic (exact) mass is 307 g/mol. The molecule has 0 aliphatic heterocycles. The number of thiophene rings is 1. The molecule has 7 heteroatoms. The molecule has 0 spiro atoms. The molecule has 112 valence electrons. The van der Waals surface area contributed by atoms with Crippen LogP contribution in [0.2, 0.25) is 0 Å². The van der Waals surface area contributed by atoms with Crippen LogP contribution in [0.4, 0.5) is 0 Å². The minimum absolute atomic E-state index is 0.118. The van der Waals surface area contributed by atoms with Crippen molar-refractivity contribution in [1.29, 1.82) is 0 Å². The van der Waals surface area contributed by atoms with Crippen molar-refractivity contribution in [1.82, 2.24) is 15.1 Å². The normalized spacial score (nSPS) is 12.0. The van der Waals surface area contributed by atoms with E-state index in [1.165, 1.54) is 11.3 Å². The number of carboxylic acids is 1. The molecule has 0 bridgehead atoms. The molecule has 2 N–H and O–H groups in total. The molecule has 0 aromatic carbocycles. The van der Waals surface area contributed by atoms with Gasteiger partial charge in [0.25, 0.3) is 0 Å². The van der Waals surface area contributed by atoms with Gasteiger partial charge in [0.05, 0.1) is 18.7 Å². The molecular weight excluding hydrogens is 290 g/mol. The van der Waals surface area contributed by atoms with E-state index in [4.69, 9.17) is 5.11 Å². The summed E-state index contributed by atoms with van der Waals surface area (Å²) in [4.78, 5) is 23.7. The predicted molar refractivity (Wildman–Crippen MR) is 79.0 cm³/mol. The molecule has 1 amide bonds. The van der Waals surface area contributed by atoms with Crippen LogP contribution in [-0.2, 0) is 16.1 Å². The van der Waals surface area contributed by atoms with Crippen molar-refractivity contribution in [2.75, 3.05) is 0 Å². The van der Waals surface area contributed by atoms with Crippen molar-refractivity contribution in [2.24, 2.45) is 0 Å². The van der Waals surface area contributed by atoms with Gasteiger partial charge in [-0.25, -0.2) is 0 Å². The lowest BCUT2D eigenvalue weighted by Crippen LogP contribution is -2.30. The zero-order valence-corrected chi connectivity index (χ0v) is 12.5. The Morgan fingerprint density at radius 2 is 2.33 bits per heavy atom. The van der Waals surface area contributed by atoms with Crippen molar-refractivity contribution in [3.8, 4) is 0 Å². The van der Waals surface area contributed by atoms with Crippen molar-refractivity contribution in [3.63, 3.8) is 0 Å². The number of nitrogens with one attached hydrogen (secondary N) is 1. The van der Waals surface area contributed by atoms with Crippen LogP contribution in [0.3, 0.4) is 0 Å². The Labute approximate surface area is 126 Å². The first-order chi connectivity index (χ1) is 10.0. The smallest absolute Gasteiger partial charge is 0.305 e. The van der Waals surface area contributed by atoms with E-state index < -0.39 is 12.0 Å². The fourth-order valence-electron chi connectivity index (χ4n) is 1.96. The Kier molecular flexibility index (Phi) is 5.10. The van der Waals surface area contributed by atoms with Gasteiger partial charge in [-0.2, -0.15) is 5.10 Å². The highest BCUT2D eigenvalue weighted by molar-refractivity contribution is 7.10. The molecule has 0 fully saturated rings. The van der Waals surface area contributed by atoms with E-state index in [0.29, 0.717) is 6.54 Å². The first kappa shape index (κ1) is 15.2. The van der Waals surface area contributed by atoms with E-state index in [2.05, 4.69) is 10.4 Å². The number of amides is 1. The Morgan fingerprint density at radius 3 is 2.90 bits per heavy atom. The van der Waals surface area contributed by atoms with E-state index in [-0.39, 0.29) is 18.7 Å². The van der Waals surface area contributed by atoms with Gasteiger partial charge < -0.3 is 10.4 Å². The number of carboxylic acid groups (broad SMARTS) is 1. The topological polar surface area (TPSA) is 84.2 Å². The summed E-state index contributed by atoms with van der Waals surface area (Å²) in [6, 6.07) is 3.19. The Hall–Kier alpha value is -2.15. The minimum atomic E-state index is -0.934. The highest BCUT2D eigenvalue weighted by Gasteiger charge is 2.18. The summed E-state index contributed by atoms with van der Waals surface area (Å²) in [7, 11) is 0. The maximum atomic E-state index is 12.0. The summed E-state index contributed by atoms with van der Waals surface area (Å²) in [5.41, 5.74) is 1.04. The molecule has 0 aliphatic rings. The molecule has 0 saturated heterocycles. The van der Waals surface area contributed by atoms with Crippen molar-refractivity contribution >= 4 is 23.2 Å². The Morgan fingerprint density at radius 1 is 1.52 bits per heavy atom. The van der Waals surface area contributed by atoms with E-state index >= 15 is 0 Å². The largest absolute Gasteiger partial charge is 0.481 e. The number of aromatic nitrogens is 2. The van der Waals surface area contributed by atoms with Gasteiger partial charge in [-0.15, -0.1) is 11.3 Å². The van der Waals surface area contributed by atoms with Crippen LogP contribution >= 0.6 is 11.3 Å². The lowest BCUT2D eigenvalue weighted by molar-refractivity contribution is -0.137. The predicted octanol–water partition coefficient (Wildman–Crippen LogP) is 1.98. The zero-order valence-electron chi connectivity index (χ0n) is 11.7. The van der Waals surface area contributed by atoms with E-state index in [9.17, 15) is 9.59 Å². The summed E-state index contributed by atoms with van der Waals surface area (Å²) < 4.78 is 1.70. The second kappa shape index (κ2) is 7.03. The first-order valence-electron chi connectivity index (χ1n) is 6.58. The maximum absolute atomic E-state index is 12.0. The molecule has 1 atom stereocenters. The van der Waals surface area contributed by atoms with E-state index in [1.54, 1.807) is 10.9 Å². The molecule has 2 heterocycles. The third kappa shape index (κ3) is 4.71. The van der Waals surface area contributed by atoms with Crippen LogP contribution in [0.15, 0.2) is 29.9 Å². The number of rotatable bonds is 7. The van der Waals surface area contributed by atoms with E-state index in [0.717, 1.165) is 10.4 Å². The number of carbonyl (C=O) groups excluding carboxylic acids is 1. The molecule has 6 nitrogen and oxygen atoms in total. The standard InChI is InChI=1S/C14H17N3O3S/c1-10-8-15-17(9-10)5-4-13(18)16-11(7-14(19)20)12-3-2-6-21-12/h2-3,6,8-9,11H,4-5,7H2,1H3,(H,16,18)(H,19,20).